The first-order valence-corrected chi connectivity index (χ1v) is 8.78. The first-order chi connectivity index (χ1) is 11.6. The van der Waals surface area contributed by atoms with Crippen LogP contribution >= 0.6 is 22.9 Å². The normalized spacial score (nSPS) is 15.4. The third-order valence-corrected chi connectivity index (χ3v) is 5.43. The molecular formula is C16H17ClFN3O2S. The molecule has 1 fully saturated rings. The van der Waals surface area contributed by atoms with Crippen molar-refractivity contribution >= 4 is 39.7 Å². The molecule has 1 aromatic carbocycles. The lowest BCUT2D eigenvalue weighted by atomic mass is 10.1. The van der Waals surface area contributed by atoms with Crippen LogP contribution in [0.15, 0.2) is 24.3 Å². The summed E-state index contributed by atoms with van der Waals surface area (Å²) in [6.07, 6.45) is 1.69. The van der Waals surface area contributed by atoms with Crippen molar-refractivity contribution in [2.45, 2.75) is 18.9 Å². The van der Waals surface area contributed by atoms with Crippen molar-refractivity contribution in [2.75, 3.05) is 30.4 Å². The van der Waals surface area contributed by atoms with Crippen LogP contribution in [0.3, 0.4) is 0 Å². The Morgan fingerprint density at radius 2 is 2.12 bits per heavy atom. The second kappa shape index (κ2) is 7.36. The minimum Gasteiger partial charge on any atom is -0.465 e. The molecule has 2 heterocycles. The number of thiazole rings is 1. The first kappa shape index (κ1) is 17.0. The fourth-order valence-corrected chi connectivity index (χ4v) is 3.91. The minimum atomic E-state index is -0.472. The van der Waals surface area contributed by atoms with E-state index in [1.165, 1.54) is 24.5 Å². The van der Waals surface area contributed by atoms with Crippen LogP contribution in [0.1, 0.15) is 22.5 Å². The Hall–Kier alpha value is -1.86. The highest BCUT2D eigenvalue weighted by Crippen LogP contribution is 2.32. The van der Waals surface area contributed by atoms with Gasteiger partial charge in [-0.25, -0.2) is 14.2 Å². The molecule has 0 atom stereocenters. The fraction of sp³-hybridized carbons (Fsp3) is 0.375. The summed E-state index contributed by atoms with van der Waals surface area (Å²) in [6.45, 7) is 1.52. The molecule has 1 aliphatic heterocycles. The molecule has 128 valence electrons. The Labute approximate surface area is 148 Å². The second-order valence-electron chi connectivity index (χ2n) is 5.49. The van der Waals surface area contributed by atoms with Gasteiger partial charge < -0.3 is 15.0 Å². The van der Waals surface area contributed by atoms with Crippen molar-refractivity contribution in [3.8, 4) is 0 Å². The molecule has 1 saturated heterocycles. The van der Waals surface area contributed by atoms with E-state index in [0.29, 0.717) is 15.7 Å². The van der Waals surface area contributed by atoms with Gasteiger partial charge in [-0.1, -0.05) is 35.1 Å². The smallest absolute Gasteiger partial charge is 0.351 e. The van der Waals surface area contributed by atoms with E-state index in [1.54, 1.807) is 12.1 Å². The Kier molecular flexibility index (Phi) is 5.20. The zero-order chi connectivity index (χ0) is 17.1. The Morgan fingerprint density at radius 1 is 1.42 bits per heavy atom. The summed E-state index contributed by atoms with van der Waals surface area (Å²) >= 11 is 7.24. The monoisotopic (exact) mass is 369 g/mol. The molecule has 0 saturated carbocycles. The Morgan fingerprint density at radius 3 is 2.79 bits per heavy atom. The molecule has 0 radical (unpaired) electrons. The Bertz CT molecular complexity index is 732. The maximum Gasteiger partial charge on any atom is 0.351 e. The summed E-state index contributed by atoms with van der Waals surface area (Å²) in [5.41, 5.74) is 0.529. The average Bonchev–Trinajstić information content (AvgIpc) is 2.99. The number of piperidine rings is 1. The lowest BCUT2D eigenvalue weighted by Gasteiger charge is -2.32. The maximum atomic E-state index is 13.7. The van der Waals surface area contributed by atoms with Crippen molar-refractivity contribution in [3.63, 3.8) is 0 Å². The third-order valence-electron chi connectivity index (χ3n) is 3.94. The van der Waals surface area contributed by atoms with Crippen LogP contribution in [0.2, 0.25) is 5.15 Å². The van der Waals surface area contributed by atoms with Gasteiger partial charge in [-0.15, -0.1) is 0 Å². The van der Waals surface area contributed by atoms with Gasteiger partial charge in [0.1, 0.15) is 5.82 Å². The zero-order valence-corrected chi connectivity index (χ0v) is 14.7. The van der Waals surface area contributed by atoms with Gasteiger partial charge in [0.2, 0.25) is 0 Å². The molecule has 0 aliphatic carbocycles. The van der Waals surface area contributed by atoms with Crippen LogP contribution in [-0.4, -0.2) is 37.2 Å². The van der Waals surface area contributed by atoms with Crippen molar-refractivity contribution in [3.05, 3.63) is 40.1 Å². The molecule has 0 bridgehead atoms. The number of carbonyl (C=O) groups excluding carboxylic acids is 1. The van der Waals surface area contributed by atoms with Crippen LogP contribution < -0.4 is 10.2 Å². The van der Waals surface area contributed by atoms with Crippen LogP contribution in [0.5, 0.6) is 0 Å². The molecule has 8 heteroatoms. The largest absolute Gasteiger partial charge is 0.465 e. The molecule has 5 nitrogen and oxygen atoms in total. The van der Waals surface area contributed by atoms with E-state index in [1.807, 2.05) is 6.07 Å². The number of para-hydroxylation sites is 1. The van der Waals surface area contributed by atoms with Gasteiger partial charge in [0, 0.05) is 19.1 Å². The van der Waals surface area contributed by atoms with E-state index in [0.717, 1.165) is 25.9 Å². The number of nitrogens with zero attached hydrogens (tertiary/aromatic N) is 2. The highest BCUT2D eigenvalue weighted by molar-refractivity contribution is 7.18. The minimum absolute atomic E-state index is 0.174. The number of carbonyl (C=O) groups is 1. The predicted octanol–water partition coefficient (Wildman–Crippen LogP) is 3.80. The molecule has 0 amide bonds. The summed E-state index contributed by atoms with van der Waals surface area (Å²) in [6, 6.07) is 6.88. The molecule has 1 aliphatic rings. The van der Waals surface area contributed by atoms with E-state index in [9.17, 15) is 9.18 Å². The molecule has 3 rings (SSSR count). The zero-order valence-electron chi connectivity index (χ0n) is 13.1. The number of aromatic nitrogens is 1. The third kappa shape index (κ3) is 3.62. The van der Waals surface area contributed by atoms with Gasteiger partial charge in [-0.3, -0.25) is 0 Å². The van der Waals surface area contributed by atoms with E-state index in [4.69, 9.17) is 16.3 Å². The van der Waals surface area contributed by atoms with Gasteiger partial charge in [0.05, 0.1) is 12.8 Å². The average molecular weight is 370 g/mol. The van der Waals surface area contributed by atoms with Gasteiger partial charge in [-0.05, 0) is 25.0 Å². The standard InChI is InChI=1S/C16H17ClFN3O2S/c1-23-15(22)13-14(17)20-16(24-13)21-8-6-10(7-9-21)19-12-5-3-2-4-11(12)18/h2-5,10,19H,6-9H2,1H3. The van der Waals surface area contributed by atoms with Gasteiger partial charge in [-0.2, -0.15) is 0 Å². The highest BCUT2D eigenvalue weighted by Gasteiger charge is 2.25. The number of hydrogen-bond acceptors (Lipinski definition) is 6. The van der Waals surface area contributed by atoms with Crippen LogP contribution in [0.4, 0.5) is 15.2 Å². The number of ether oxygens (including phenoxy) is 1. The number of nitrogens with one attached hydrogen (secondary N) is 1. The first-order valence-electron chi connectivity index (χ1n) is 7.59. The van der Waals surface area contributed by atoms with Crippen molar-refractivity contribution in [1.29, 1.82) is 0 Å². The van der Waals surface area contributed by atoms with Crippen molar-refractivity contribution in [1.82, 2.24) is 4.98 Å². The lowest BCUT2D eigenvalue weighted by molar-refractivity contribution is 0.0606. The fourth-order valence-electron chi connectivity index (χ4n) is 2.66. The lowest BCUT2D eigenvalue weighted by Crippen LogP contribution is -2.39. The molecule has 24 heavy (non-hydrogen) atoms. The topological polar surface area (TPSA) is 54.5 Å². The summed E-state index contributed by atoms with van der Waals surface area (Å²) in [5.74, 6) is -0.714. The number of benzene rings is 1. The molecule has 1 N–H and O–H groups in total. The second-order valence-corrected chi connectivity index (χ2v) is 6.83. The number of anilines is 2. The molecular weight excluding hydrogens is 353 g/mol. The summed E-state index contributed by atoms with van der Waals surface area (Å²) in [5, 5.41) is 4.13. The van der Waals surface area contributed by atoms with Crippen molar-refractivity contribution < 1.29 is 13.9 Å². The highest BCUT2D eigenvalue weighted by atomic mass is 35.5. The van der Waals surface area contributed by atoms with Gasteiger partial charge >= 0.3 is 5.97 Å². The summed E-state index contributed by atoms with van der Waals surface area (Å²) in [4.78, 5) is 18.3. The molecule has 1 aromatic heterocycles. The van der Waals surface area contributed by atoms with Crippen LogP contribution in [0, 0.1) is 5.82 Å². The van der Waals surface area contributed by atoms with E-state index in [2.05, 4.69) is 15.2 Å². The Balaban J connectivity index is 1.61. The van der Waals surface area contributed by atoms with Gasteiger partial charge in [0.15, 0.2) is 15.2 Å². The maximum absolute atomic E-state index is 13.7. The number of halogens is 2. The molecule has 0 unspecified atom stereocenters. The number of hydrogen-bond donors (Lipinski definition) is 1. The van der Waals surface area contributed by atoms with Crippen molar-refractivity contribution in [2.24, 2.45) is 0 Å². The summed E-state index contributed by atoms with van der Waals surface area (Å²) < 4.78 is 18.4. The molecule has 2 aromatic rings. The predicted molar refractivity (Wildman–Crippen MR) is 93.7 cm³/mol. The van der Waals surface area contributed by atoms with Crippen LogP contribution in [0.25, 0.3) is 0 Å². The molecule has 0 spiro atoms. The van der Waals surface area contributed by atoms with E-state index in [-0.39, 0.29) is 17.0 Å². The number of rotatable bonds is 4. The van der Waals surface area contributed by atoms with Crippen LogP contribution in [-0.2, 0) is 4.74 Å². The number of methoxy groups -OCH3 is 1. The SMILES string of the molecule is COC(=O)c1sc(N2CCC(Nc3ccccc3F)CC2)nc1Cl. The quantitative estimate of drug-likeness (QED) is 0.831. The van der Waals surface area contributed by atoms with E-state index < -0.39 is 5.97 Å². The van der Waals surface area contributed by atoms with E-state index >= 15 is 0 Å². The summed E-state index contributed by atoms with van der Waals surface area (Å²) in [7, 11) is 1.32. The number of esters is 1. The van der Waals surface area contributed by atoms with Gasteiger partial charge in [0.25, 0.3) is 0 Å².